The van der Waals surface area contributed by atoms with Crippen molar-refractivity contribution in [1.82, 2.24) is 10.2 Å². The molecule has 1 aromatic carbocycles. The number of amides is 3. The van der Waals surface area contributed by atoms with Gasteiger partial charge in [-0.25, -0.2) is 9.59 Å². The first-order valence-electron chi connectivity index (χ1n) is 8.23. The second kappa shape index (κ2) is 8.50. The van der Waals surface area contributed by atoms with Crippen molar-refractivity contribution in [3.63, 3.8) is 0 Å². The molecule has 1 aliphatic rings. The maximum Gasteiger partial charge on any atom is 0.373 e. The predicted molar refractivity (Wildman–Crippen MR) is 99.7 cm³/mol. The van der Waals surface area contributed by atoms with Crippen molar-refractivity contribution in [1.29, 1.82) is 5.26 Å². The Morgan fingerprint density at radius 2 is 2.14 bits per heavy atom. The maximum atomic E-state index is 12.6. The molecule has 1 aromatic heterocycles. The SMILES string of the molecule is COC(=O)c1ccc(CN2C(=O)NC(=Cc3ccc(OCC#N)c(Cl)c3)C2=O)o1. The summed E-state index contributed by atoms with van der Waals surface area (Å²) in [4.78, 5) is 37.1. The molecule has 29 heavy (non-hydrogen) atoms. The fourth-order valence-electron chi connectivity index (χ4n) is 2.54. The maximum absolute atomic E-state index is 12.6. The Morgan fingerprint density at radius 3 is 2.83 bits per heavy atom. The zero-order valence-electron chi connectivity index (χ0n) is 15.1. The van der Waals surface area contributed by atoms with E-state index in [1.54, 1.807) is 18.2 Å². The van der Waals surface area contributed by atoms with Crippen molar-refractivity contribution in [2.24, 2.45) is 0 Å². The molecule has 1 N–H and O–H groups in total. The average Bonchev–Trinajstić information content (AvgIpc) is 3.27. The molecule has 0 spiro atoms. The fourth-order valence-corrected chi connectivity index (χ4v) is 2.79. The number of hydrogen-bond donors (Lipinski definition) is 1. The van der Waals surface area contributed by atoms with Gasteiger partial charge in [0.05, 0.1) is 18.7 Å². The van der Waals surface area contributed by atoms with E-state index in [9.17, 15) is 14.4 Å². The van der Waals surface area contributed by atoms with Crippen molar-refractivity contribution < 1.29 is 28.3 Å². The molecule has 3 amide bonds. The van der Waals surface area contributed by atoms with Gasteiger partial charge in [-0.15, -0.1) is 0 Å². The number of halogens is 1. The van der Waals surface area contributed by atoms with Gasteiger partial charge < -0.3 is 19.2 Å². The first-order valence-corrected chi connectivity index (χ1v) is 8.61. The van der Waals surface area contributed by atoms with Crippen LogP contribution in [0.5, 0.6) is 5.75 Å². The molecule has 10 heteroatoms. The Labute approximate surface area is 170 Å². The summed E-state index contributed by atoms with van der Waals surface area (Å²) >= 11 is 6.09. The van der Waals surface area contributed by atoms with Crippen molar-refractivity contribution in [2.45, 2.75) is 6.54 Å². The molecule has 1 aliphatic heterocycles. The summed E-state index contributed by atoms with van der Waals surface area (Å²) in [5.74, 6) is -0.672. The Balaban J connectivity index is 1.74. The number of rotatable bonds is 6. The fraction of sp³-hybridized carbons (Fsp3) is 0.158. The summed E-state index contributed by atoms with van der Waals surface area (Å²) in [6.07, 6.45) is 1.46. The van der Waals surface area contributed by atoms with E-state index in [1.807, 2.05) is 6.07 Å². The van der Waals surface area contributed by atoms with Crippen LogP contribution in [0.4, 0.5) is 4.79 Å². The van der Waals surface area contributed by atoms with Gasteiger partial charge in [-0.2, -0.15) is 5.26 Å². The van der Waals surface area contributed by atoms with Gasteiger partial charge in [0.15, 0.2) is 6.61 Å². The second-order valence-electron chi connectivity index (χ2n) is 5.77. The zero-order chi connectivity index (χ0) is 21.0. The lowest BCUT2D eigenvalue weighted by atomic mass is 10.2. The van der Waals surface area contributed by atoms with Gasteiger partial charge in [-0.3, -0.25) is 9.69 Å². The highest BCUT2D eigenvalue weighted by Gasteiger charge is 2.34. The zero-order valence-corrected chi connectivity index (χ0v) is 15.9. The number of nitrogens with zero attached hydrogens (tertiary/aromatic N) is 2. The molecular formula is C19H14ClN3O6. The average molecular weight is 416 g/mol. The number of nitriles is 1. The highest BCUT2D eigenvalue weighted by atomic mass is 35.5. The molecule has 0 bridgehead atoms. The summed E-state index contributed by atoms with van der Waals surface area (Å²) < 4.78 is 15.0. The van der Waals surface area contributed by atoms with E-state index in [0.717, 1.165) is 4.90 Å². The number of carbonyl (C=O) groups is 3. The van der Waals surface area contributed by atoms with E-state index in [-0.39, 0.29) is 35.4 Å². The molecule has 0 atom stereocenters. The lowest BCUT2D eigenvalue weighted by Crippen LogP contribution is -2.30. The van der Waals surface area contributed by atoms with Gasteiger partial charge in [0, 0.05) is 0 Å². The van der Waals surface area contributed by atoms with Gasteiger partial charge in [-0.1, -0.05) is 17.7 Å². The van der Waals surface area contributed by atoms with Crippen LogP contribution in [0.1, 0.15) is 21.9 Å². The largest absolute Gasteiger partial charge is 0.477 e. The van der Waals surface area contributed by atoms with E-state index in [0.29, 0.717) is 11.3 Å². The topological polar surface area (TPSA) is 122 Å². The Bertz CT molecular complexity index is 1050. The Kier molecular flexibility index (Phi) is 5.85. The number of urea groups is 1. The van der Waals surface area contributed by atoms with E-state index >= 15 is 0 Å². The molecule has 2 heterocycles. The Morgan fingerprint density at radius 1 is 1.34 bits per heavy atom. The summed E-state index contributed by atoms with van der Waals surface area (Å²) in [5.41, 5.74) is 0.604. The number of carbonyl (C=O) groups excluding carboxylic acids is 3. The van der Waals surface area contributed by atoms with Crippen LogP contribution < -0.4 is 10.1 Å². The highest BCUT2D eigenvalue weighted by Crippen LogP contribution is 2.27. The smallest absolute Gasteiger partial charge is 0.373 e. The van der Waals surface area contributed by atoms with Crippen molar-refractivity contribution >= 4 is 35.6 Å². The number of esters is 1. The number of hydrogen-bond acceptors (Lipinski definition) is 7. The second-order valence-corrected chi connectivity index (χ2v) is 6.18. The minimum atomic E-state index is -0.659. The van der Waals surface area contributed by atoms with Crippen LogP contribution in [0, 0.1) is 11.3 Å². The lowest BCUT2D eigenvalue weighted by molar-refractivity contribution is -0.123. The summed E-state index contributed by atoms with van der Waals surface area (Å²) in [6.45, 7) is -0.297. The molecule has 0 unspecified atom stereocenters. The van der Waals surface area contributed by atoms with Crippen LogP contribution in [0.3, 0.4) is 0 Å². The van der Waals surface area contributed by atoms with E-state index in [2.05, 4.69) is 10.1 Å². The summed E-state index contributed by atoms with van der Waals surface area (Å²) in [6, 6.07) is 8.82. The summed E-state index contributed by atoms with van der Waals surface area (Å²) in [7, 11) is 1.22. The van der Waals surface area contributed by atoms with Crippen molar-refractivity contribution in [2.75, 3.05) is 13.7 Å². The first-order chi connectivity index (χ1) is 13.9. The number of benzene rings is 1. The van der Waals surface area contributed by atoms with Gasteiger partial charge in [0.2, 0.25) is 5.76 Å². The molecule has 9 nitrogen and oxygen atoms in total. The quantitative estimate of drug-likeness (QED) is 0.437. The molecule has 0 radical (unpaired) electrons. The minimum absolute atomic E-state index is 0.0290. The normalized spacial score (nSPS) is 14.7. The predicted octanol–water partition coefficient (Wildman–Crippen LogP) is 2.71. The third kappa shape index (κ3) is 4.39. The molecule has 148 valence electrons. The van der Waals surface area contributed by atoms with Gasteiger partial charge >= 0.3 is 12.0 Å². The van der Waals surface area contributed by atoms with E-state index in [1.165, 1.54) is 25.3 Å². The van der Waals surface area contributed by atoms with Crippen LogP contribution in [0.25, 0.3) is 6.08 Å². The van der Waals surface area contributed by atoms with Crippen molar-refractivity contribution in [3.05, 3.63) is 58.1 Å². The molecule has 2 aromatic rings. The lowest BCUT2D eigenvalue weighted by Gasteiger charge is -2.09. The Hall–Kier alpha value is -3.77. The first kappa shape index (κ1) is 20.0. The van der Waals surface area contributed by atoms with Crippen LogP contribution in [0.2, 0.25) is 5.02 Å². The molecular weight excluding hydrogens is 402 g/mol. The molecule has 1 fully saturated rings. The molecule has 1 saturated heterocycles. The number of imide groups is 1. The van der Waals surface area contributed by atoms with Gasteiger partial charge in [-0.05, 0) is 35.9 Å². The third-order valence-electron chi connectivity index (χ3n) is 3.88. The molecule has 0 saturated carbocycles. The van der Waals surface area contributed by atoms with E-state index < -0.39 is 17.9 Å². The monoisotopic (exact) mass is 415 g/mol. The van der Waals surface area contributed by atoms with Crippen LogP contribution in [-0.2, 0) is 16.1 Å². The highest BCUT2D eigenvalue weighted by molar-refractivity contribution is 6.32. The summed E-state index contributed by atoms with van der Waals surface area (Å²) in [5, 5.41) is 11.3. The van der Waals surface area contributed by atoms with Crippen LogP contribution in [0.15, 0.2) is 40.4 Å². The van der Waals surface area contributed by atoms with Crippen LogP contribution in [-0.4, -0.2) is 36.5 Å². The van der Waals surface area contributed by atoms with E-state index in [4.69, 9.17) is 26.0 Å². The van der Waals surface area contributed by atoms with Crippen LogP contribution >= 0.6 is 11.6 Å². The number of ether oxygens (including phenoxy) is 2. The standard InChI is InChI=1S/C19H14ClN3O6/c1-27-18(25)16-5-3-12(29-16)10-23-17(24)14(22-19(23)26)9-11-2-4-15(13(20)8-11)28-7-6-21/h2-5,8-9H,7,10H2,1H3,(H,22,26). The number of furan rings is 1. The molecule has 3 rings (SSSR count). The number of methoxy groups -OCH3 is 1. The minimum Gasteiger partial charge on any atom is -0.477 e. The van der Waals surface area contributed by atoms with Crippen molar-refractivity contribution in [3.8, 4) is 11.8 Å². The molecule has 0 aliphatic carbocycles. The van der Waals surface area contributed by atoms with Gasteiger partial charge in [0.25, 0.3) is 5.91 Å². The van der Waals surface area contributed by atoms with Gasteiger partial charge in [0.1, 0.15) is 23.3 Å². The number of nitrogens with one attached hydrogen (secondary N) is 1. The third-order valence-corrected chi connectivity index (χ3v) is 4.18.